The molecule has 0 N–H and O–H groups in total. The van der Waals surface area contributed by atoms with Gasteiger partial charge < -0.3 is 4.74 Å². The van der Waals surface area contributed by atoms with Gasteiger partial charge in [0.25, 0.3) is 5.69 Å². The number of non-ortho nitro benzene ring substituents is 1. The molecule has 2 aromatic rings. The fraction of sp³-hybridized carbons (Fsp3) is 0.100. The highest BCUT2D eigenvalue weighted by atomic mass is 16.6. The molecule has 0 saturated carbocycles. The maximum atomic E-state index is 10.9. The molecule has 0 spiro atoms. The number of hydrogen-bond donors (Lipinski definition) is 0. The van der Waals surface area contributed by atoms with Crippen LogP contribution in [0.5, 0.6) is 11.5 Å². The number of rotatable bonds is 4. The molecule has 19 heavy (non-hydrogen) atoms. The lowest BCUT2D eigenvalue weighted by Gasteiger charge is -2.03. The topological polar surface area (TPSA) is 113 Å². The van der Waals surface area contributed by atoms with Crippen molar-refractivity contribution >= 4 is 11.4 Å². The lowest BCUT2D eigenvalue weighted by atomic mass is 10.2. The van der Waals surface area contributed by atoms with E-state index in [1.807, 2.05) is 0 Å². The molecule has 98 valence electrons. The van der Waals surface area contributed by atoms with Crippen LogP contribution in [0.1, 0.15) is 0 Å². The predicted molar refractivity (Wildman–Crippen MR) is 63.0 cm³/mol. The molecule has 0 aliphatic rings. The van der Waals surface area contributed by atoms with Crippen molar-refractivity contribution in [2.75, 3.05) is 0 Å². The summed E-state index contributed by atoms with van der Waals surface area (Å²) < 4.78 is 6.74. The van der Waals surface area contributed by atoms with Crippen molar-refractivity contribution in [1.82, 2.24) is 9.78 Å². The summed E-state index contributed by atoms with van der Waals surface area (Å²) in [7, 11) is 1.66. The minimum atomic E-state index is -0.737. The van der Waals surface area contributed by atoms with Gasteiger partial charge in [-0.3, -0.25) is 24.9 Å². The van der Waals surface area contributed by atoms with Gasteiger partial charge in [0.15, 0.2) is 5.75 Å². The summed E-state index contributed by atoms with van der Waals surface area (Å²) in [5, 5.41) is 25.3. The molecule has 2 rings (SSSR count). The molecule has 1 aromatic carbocycles. The maximum absolute atomic E-state index is 10.9. The van der Waals surface area contributed by atoms with Crippen LogP contribution in [0.25, 0.3) is 0 Å². The summed E-state index contributed by atoms with van der Waals surface area (Å²) >= 11 is 0. The first-order valence-corrected chi connectivity index (χ1v) is 5.06. The Kier molecular flexibility index (Phi) is 3.10. The van der Waals surface area contributed by atoms with Crippen LogP contribution in [0, 0.1) is 20.2 Å². The number of aromatic nitrogens is 2. The van der Waals surface area contributed by atoms with Crippen LogP contribution in [0.15, 0.2) is 30.6 Å². The molecule has 0 bridgehead atoms. The minimum Gasteiger partial charge on any atom is -0.447 e. The van der Waals surface area contributed by atoms with Gasteiger partial charge in [0.2, 0.25) is 5.75 Å². The summed E-state index contributed by atoms with van der Waals surface area (Å²) in [6.45, 7) is 0. The number of hydrogen-bond acceptors (Lipinski definition) is 6. The zero-order valence-electron chi connectivity index (χ0n) is 9.72. The van der Waals surface area contributed by atoms with Gasteiger partial charge in [-0.1, -0.05) is 0 Å². The zero-order chi connectivity index (χ0) is 14.0. The van der Waals surface area contributed by atoms with E-state index in [0.717, 1.165) is 12.1 Å². The van der Waals surface area contributed by atoms with Gasteiger partial charge in [-0.15, -0.1) is 0 Å². The minimum absolute atomic E-state index is 0.0800. The van der Waals surface area contributed by atoms with E-state index in [1.54, 1.807) is 7.05 Å². The molecule has 0 aliphatic heterocycles. The average molecular weight is 264 g/mol. The first kappa shape index (κ1) is 12.5. The number of nitro benzene ring substituents is 2. The molecule has 1 heterocycles. The van der Waals surface area contributed by atoms with Crippen LogP contribution in [0.4, 0.5) is 11.4 Å². The Balaban J connectivity index is 2.39. The van der Waals surface area contributed by atoms with E-state index in [4.69, 9.17) is 4.74 Å². The maximum Gasteiger partial charge on any atom is 0.318 e. The zero-order valence-corrected chi connectivity index (χ0v) is 9.72. The van der Waals surface area contributed by atoms with E-state index in [-0.39, 0.29) is 11.4 Å². The Morgan fingerprint density at radius 3 is 2.53 bits per heavy atom. The Bertz CT molecular complexity index is 651. The number of nitro groups is 2. The third-order valence-corrected chi connectivity index (χ3v) is 2.26. The van der Waals surface area contributed by atoms with Crippen LogP contribution in [-0.2, 0) is 7.05 Å². The average Bonchev–Trinajstić information content (AvgIpc) is 2.74. The van der Waals surface area contributed by atoms with Gasteiger partial charge in [0.05, 0.1) is 28.3 Å². The molecule has 0 unspecified atom stereocenters. The summed E-state index contributed by atoms with van der Waals surface area (Å²) in [6.07, 6.45) is 2.90. The first-order valence-electron chi connectivity index (χ1n) is 5.06. The molecule has 0 atom stereocenters. The van der Waals surface area contributed by atoms with Gasteiger partial charge in [-0.25, -0.2) is 0 Å². The van der Waals surface area contributed by atoms with E-state index in [2.05, 4.69) is 5.10 Å². The van der Waals surface area contributed by atoms with E-state index < -0.39 is 15.5 Å². The second-order valence-corrected chi connectivity index (χ2v) is 3.62. The summed E-state index contributed by atoms with van der Waals surface area (Å²) in [5.74, 6) is 0.225. The lowest BCUT2D eigenvalue weighted by molar-refractivity contribution is -0.394. The largest absolute Gasteiger partial charge is 0.447 e. The van der Waals surface area contributed by atoms with Crippen molar-refractivity contribution in [3.8, 4) is 11.5 Å². The van der Waals surface area contributed by atoms with Crippen LogP contribution in [-0.4, -0.2) is 19.6 Å². The molecular weight excluding hydrogens is 256 g/mol. The van der Waals surface area contributed by atoms with Crippen molar-refractivity contribution in [3.63, 3.8) is 0 Å². The molecule has 0 saturated heterocycles. The molecule has 0 amide bonds. The van der Waals surface area contributed by atoms with Gasteiger partial charge >= 0.3 is 5.69 Å². The van der Waals surface area contributed by atoms with Gasteiger partial charge in [0.1, 0.15) is 0 Å². The van der Waals surface area contributed by atoms with Crippen molar-refractivity contribution in [2.24, 2.45) is 7.05 Å². The van der Waals surface area contributed by atoms with Gasteiger partial charge in [-0.2, -0.15) is 5.10 Å². The van der Waals surface area contributed by atoms with Crippen LogP contribution in [0.3, 0.4) is 0 Å². The Hall–Kier alpha value is -2.97. The van der Waals surface area contributed by atoms with Crippen LogP contribution in [0.2, 0.25) is 0 Å². The Labute approximate surface area is 106 Å². The third-order valence-electron chi connectivity index (χ3n) is 2.26. The van der Waals surface area contributed by atoms with Gasteiger partial charge in [0, 0.05) is 13.1 Å². The molecule has 1 aromatic heterocycles. The van der Waals surface area contributed by atoms with Crippen molar-refractivity contribution in [2.45, 2.75) is 0 Å². The third kappa shape index (κ3) is 2.65. The monoisotopic (exact) mass is 264 g/mol. The van der Waals surface area contributed by atoms with E-state index in [1.165, 1.54) is 23.1 Å². The highest BCUT2D eigenvalue weighted by Crippen LogP contribution is 2.33. The van der Waals surface area contributed by atoms with Crippen molar-refractivity contribution < 1.29 is 14.6 Å². The van der Waals surface area contributed by atoms with E-state index in [9.17, 15) is 20.2 Å². The molecule has 9 nitrogen and oxygen atoms in total. The number of benzene rings is 1. The molecule has 0 aliphatic carbocycles. The highest BCUT2D eigenvalue weighted by molar-refractivity contribution is 5.54. The standard InChI is InChI=1S/C10H8N4O5/c1-12-6-8(5-11-12)19-10-3-2-7(13(15)16)4-9(10)14(17)18/h2-6H,1H3. The van der Waals surface area contributed by atoms with Crippen molar-refractivity contribution in [3.05, 3.63) is 50.8 Å². The highest BCUT2D eigenvalue weighted by Gasteiger charge is 2.21. The lowest BCUT2D eigenvalue weighted by Crippen LogP contribution is -1.95. The summed E-state index contributed by atoms with van der Waals surface area (Å²) in [4.78, 5) is 20.0. The fourth-order valence-electron chi connectivity index (χ4n) is 1.43. The second kappa shape index (κ2) is 4.72. The Morgan fingerprint density at radius 1 is 1.26 bits per heavy atom. The first-order chi connectivity index (χ1) is 8.97. The van der Waals surface area contributed by atoms with E-state index in [0.29, 0.717) is 5.75 Å². The van der Waals surface area contributed by atoms with Gasteiger partial charge in [-0.05, 0) is 6.07 Å². The quantitative estimate of drug-likeness (QED) is 0.616. The normalized spacial score (nSPS) is 10.2. The SMILES string of the molecule is Cn1cc(Oc2ccc([N+](=O)[O-])cc2[N+](=O)[O-])cn1. The van der Waals surface area contributed by atoms with Crippen LogP contribution < -0.4 is 4.74 Å². The molecule has 9 heteroatoms. The molecule has 0 fully saturated rings. The molecule has 0 radical (unpaired) electrons. The summed E-state index contributed by atoms with van der Waals surface area (Å²) in [5.41, 5.74) is -0.844. The number of ether oxygens (including phenoxy) is 1. The second-order valence-electron chi connectivity index (χ2n) is 3.62. The number of aryl methyl sites for hydroxylation is 1. The number of nitrogens with zero attached hydrogens (tertiary/aromatic N) is 4. The fourth-order valence-corrected chi connectivity index (χ4v) is 1.43. The smallest absolute Gasteiger partial charge is 0.318 e. The summed E-state index contributed by atoms with van der Waals surface area (Å²) in [6, 6.07) is 3.17. The van der Waals surface area contributed by atoms with Crippen LogP contribution >= 0.6 is 0 Å². The predicted octanol–water partition coefficient (Wildman–Crippen LogP) is 2.03. The molecular formula is C10H8N4O5. The Morgan fingerprint density at radius 2 is 2.00 bits per heavy atom. The van der Waals surface area contributed by atoms with E-state index >= 15 is 0 Å². The van der Waals surface area contributed by atoms with Crippen molar-refractivity contribution in [1.29, 1.82) is 0 Å².